The van der Waals surface area contributed by atoms with E-state index in [9.17, 15) is 9.59 Å². The second-order valence-electron chi connectivity index (χ2n) is 6.77. The molecule has 0 spiro atoms. The maximum Gasteiger partial charge on any atom is 0.246 e. The molecule has 0 unspecified atom stereocenters. The minimum Gasteiger partial charge on any atom is -0.353 e. The first-order valence-corrected chi connectivity index (χ1v) is 9.48. The van der Waals surface area contributed by atoms with E-state index in [1.165, 1.54) is 0 Å². The van der Waals surface area contributed by atoms with E-state index in [4.69, 9.17) is 0 Å². The van der Waals surface area contributed by atoms with E-state index < -0.39 is 0 Å². The fraction of sp³-hybridized carbons (Fsp3) is 0.588. The predicted octanol–water partition coefficient (Wildman–Crippen LogP) is 1.18. The smallest absolute Gasteiger partial charge is 0.246 e. The Morgan fingerprint density at radius 1 is 1.29 bits per heavy atom. The monoisotopic (exact) mass is 346 g/mol. The SMILES string of the molecule is C[C@@]12CCC(=O)N1[C@@H](C(=O)N1CCN(c3ccccn3)CC1)CS2. The lowest BCUT2D eigenvalue weighted by Gasteiger charge is -2.38. The Hall–Kier alpha value is -1.76. The summed E-state index contributed by atoms with van der Waals surface area (Å²) in [5, 5.41) is 0. The molecule has 3 fully saturated rings. The summed E-state index contributed by atoms with van der Waals surface area (Å²) in [5.74, 6) is 1.93. The van der Waals surface area contributed by atoms with Gasteiger partial charge in [0.1, 0.15) is 11.9 Å². The van der Waals surface area contributed by atoms with Crippen LogP contribution in [0.1, 0.15) is 19.8 Å². The third-order valence-electron chi connectivity index (χ3n) is 5.29. The van der Waals surface area contributed by atoms with E-state index in [1.54, 1.807) is 18.0 Å². The Morgan fingerprint density at radius 3 is 2.79 bits per heavy atom. The topological polar surface area (TPSA) is 56.8 Å². The number of hydrogen-bond acceptors (Lipinski definition) is 5. The molecule has 2 amide bonds. The second kappa shape index (κ2) is 5.95. The molecule has 3 saturated heterocycles. The number of aromatic nitrogens is 1. The third-order valence-corrected chi connectivity index (χ3v) is 6.80. The highest BCUT2D eigenvalue weighted by Gasteiger charge is 2.53. The standard InChI is InChI=1S/C17H22N4O2S/c1-17-6-5-15(22)21(17)13(12-24-17)16(23)20-10-8-19(9-11-20)14-4-2-3-7-18-14/h2-4,7,13H,5-6,8-12H2,1H3/t13-,17-/m1/s1. The van der Waals surface area contributed by atoms with Crippen LogP contribution < -0.4 is 4.90 Å². The Kier molecular flexibility index (Phi) is 3.90. The number of nitrogens with zero attached hydrogens (tertiary/aromatic N) is 4. The van der Waals surface area contributed by atoms with Crippen molar-refractivity contribution in [1.29, 1.82) is 0 Å². The molecule has 4 heterocycles. The average molecular weight is 346 g/mol. The molecule has 0 N–H and O–H groups in total. The molecule has 7 heteroatoms. The normalized spacial score (nSPS) is 30.0. The van der Waals surface area contributed by atoms with E-state index in [2.05, 4.69) is 16.8 Å². The van der Waals surface area contributed by atoms with Crippen molar-refractivity contribution in [3.05, 3.63) is 24.4 Å². The summed E-state index contributed by atoms with van der Waals surface area (Å²) in [6, 6.07) is 5.61. The third kappa shape index (κ3) is 2.55. The molecule has 24 heavy (non-hydrogen) atoms. The number of hydrogen-bond donors (Lipinski definition) is 0. The van der Waals surface area contributed by atoms with Gasteiger partial charge in [-0.25, -0.2) is 4.98 Å². The number of carbonyl (C=O) groups is 2. The van der Waals surface area contributed by atoms with Crippen molar-refractivity contribution < 1.29 is 9.59 Å². The second-order valence-corrected chi connectivity index (χ2v) is 8.27. The maximum atomic E-state index is 13.0. The van der Waals surface area contributed by atoms with Crippen LogP contribution in [0.3, 0.4) is 0 Å². The molecular weight excluding hydrogens is 324 g/mol. The van der Waals surface area contributed by atoms with Crippen molar-refractivity contribution in [1.82, 2.24) is 14.8 Å². The number of pyridine rings is 1. The Morgan fingerprint density at radius 2 is 2.08 bits per heavy atom. The van der Waals surface area contributed by atoms with Crippen LogP contribution in [0.4, 0.5) is 5.82 Å². The van der Waals surface area contributed by atoms with Crippen molar-refractivity contribution in [3.63, 3.8) is 0 Å². The van der Waals surface area contributed by atoms with Gasteiger partial charge in [0.15, 0.2) is 0 Å². The van der Waals surface area contributed by atoms with Crippen molar-refractivity contribution in [2.45, 2.75) is 30.7 Å². The van der Waals surface area contributed by atoms with Gasteiger partial charge in [0, 0.05) is 44.5 Å². The van der Waals surface area contributed by atoms with Gasteiger partial charge in [-0.15, -0.1) is 11.8 Å². The van der Waals surface area contributed by atoms with Gasteiger partial charge in [-0.05, 0) is 25.5 Å². The number of rotatable bonds is 2. The molecule has 1 aromatic heterocycles. The first-order valence-electron chi connectivity index (χ1n) is 8.49. The van der Waals surface area contributed by atoms with E-state index >= 15 is 0 Å². The quantitative estimate of drug-likeness (QED) is 0.805. The highest BCUT2D eigenvalue weighted by molar-refractivity contribution is 8.01. The fourth-order valence-corrected chi connectivity index (χ4v) is 5.33. The molecule has 0 aromatic carbocycles. The van der Waals surface area contributed by atoms with Crippen LogP contribution in [0.15, 0.2) is 24.4 Å². The summed E-state index contributed by atoms with van der Waals surface area (Å²) in [6.45, 7) is 5.04. The number of fused-ring (bicyclic) bond motifs is 1. The predicted molar refractivity (Wildman–Crippen MR) is 93.8 cm³/mol. The van der Waals surface area contributed by atoms with Gasteiger partial charge in [0.05, 0.1) is 4.87 Å². The lowest BCUT2D eigenvalue weighted by molar-refractivity contribution is -0.143. The molecule has 0 bridgehead atoms. The van der Waals surface area contributed by atoms with E-state index in [0.29, 0.717) is 19.5 Å². The number of amides is 2. The van der Waals surface area contributed by atoms with Gasteiger partial charge in [0.2, 0.25) is 11.8 Å². The molecule has 2 atom stereocenters. The van der Waals surface area contributed by atoms with Crippen LogP contribution >= 0.6 is 11.8 Å². The lowest BCUT2D eigenvalue weighted by atomic mass is 10.2. The fourth-order valence-electron chi connectivity index (χ4n) is 3.91. The minimum atomic E-state index is -0.281. The zero-order valence-electron chi connectivity index (χ0n) is 13.9. The van der Waals surface area contributed by atoms with Crippen LogP contribution in [0.25, 0.3) is 0 Å². The summed E-state index contributed by atoms with van der Waals surface area (Å²) in [7, 11) is 0. The molecule has 4 rings (SSSR count). The van der Waals surface area contributed by atoms with Crippen molar-refractivity contribution >= 4 is 29.4 Å². The summed E-state index contributed by atoms with van der Waals surface area (Å²) < 4.78 is 0. The van der Waals surface area contributed by atoms with E-state index in [0.717, 1.165) is 31.1 Å². The largest absolute Gasteiger partial charge is 0.353 e. The van der Waals surface area contributed by atoms with Gasteiger partial charge in [-0.2, -0.15) is 0 Å². The number of thioether (sulfide) groups is 1. The van der Waals surface area contributed by atoms with Gasteiger partial charge in [-0.1, -0.05) is 6.07 Å². The van der Waals surface area contributed by atoms with Crippen LogP contribution in [0.2, 0.25) is 0 Å². The zero-order valence-corrected chi connectivity index (χ0v) is 14.7. The van der Waals surface area contributed by atoms with Crippen LogP contribution in [-0.4, -0.2) is 69.4 Å². The summed E-state index contributed by atoms with van der Waals surface area (Å²) in [5.41, 5.74) is 0. The van der Waals surface area contributed by atoms with Crippen molar-refractivity contribution in [3.8, 4) is 0 Å². The molecule has 0 saturated carbocycles. The zero-order chi connectivity index (χ0) is 16.7. The minimum absolute atomic E-state index is 0.113. The highest BCUT2D eigenvalue weighted by atomic mass is 32.2. The summed E-state index contributed by atoms with van der Waals surface area (Å²) in [6.07, 6.45) is 3.22. The molecule has 0 radical (unpaired) electrons. The maximum absolute atomic E-state index is 13.0. The van der Waals surface area contributed by atoms with Crippen molar-refractivity contribution in [2.24, 2.45) is 0 Å². The molecule has 3 aliphatic rings. The Labute approximate surface area is 146 Å². The van der Waals surface area contributed by atoms with Crippen LogP contribution in [0.5, 0.6) is 0 Å². The van der Waals surface area contributed by atoms with Gasteiger partial charge in [0.25, 0.3) is 0 Å². The van der Waals surface area contributed by atoms with Crippen LogP contribution in [0, 0.1) is 0 Å². The van der Waals surface area contributed by atoms with Crippen molar-refractivity contribution in [2.75, 3.05) is 36.8 Å². The number of carbonyl (C=O) groups excluding carboxylic acids is 2. The Bertz CT molecular complexity index is 647. The first kappa shape index (κ1) is 15.7. The number of anilines is 1. The van der Waals surface area contributed by atoms with Gasteiger partial charge in [-0.3, -0.25) is 9.59 Å². The van der Waals surface area contributed by atoms with E-state index in [1.807, 2.05) is 28.0 Å². The molecule has 0 aliphatic carbocycles. The van der Waals surface area contributed by atoms with Gasteiger partial charge >= 0.3 is 0 Å². The number of piperazine rings is 1. The lowest BCUT2D eigenvalue weighted by Crippen LogP contribution is -2.56. The molecule has 1 aromatic rings. The molecule has 128 valence electrons. The average Bonchev–Trinajstić information content (AvgIpc) is 3.11. The Balaban J connectivity index is 1.41. The van der Waals surface area contributed by atoms with Crippen LogP contribution in [-0.2, 0) is 9.59 Å². The highest BCUT2D eigenvalue weighted by Crippen LogP contribution is 2.47. The van der Waals surface area contributed by atoms with E-state index in [-0.39, 0.29) is 22.7 Å². The van der Waals surface area contributed by atoms with Gasteiger partial charge < -0.3 is 14.7 Å². The molecular formula is C17H22N4O2S. The first-order chi connectivity index (χ1) is 11.6. The summed E-state index contributed by atoms with van der Waals surface area (Å²) >= 11 is 1.75. The molecule has 6 nitrogen and oxygen atoms in total. The summed E-state index contributed by atoms with van der Waals surface area (Å²) in [4.78, 5) is 35.4. The molecule has 3 aliphatic heterocycles.